The topological polar surface area (TPSA) is 195 Å². The fourth-order valence-corrected chi connectivity index (χ4v) is 10.1. The Morgan fingerprint density at radius 3 is 2.23 bits per heavy atom. The van der Waals surface area contributed by atoms with Gasteiger partial charge in [-0.2, -0.15) is 0 Å². The fraction of sp³-hybridized carbons (Fsp3) is 0.745. The van der Waals surface area contributed by atoms with Gasteiger partial charge in [0.15, 0.2) is 5.78 Å². The minimum Gasteiger partial charge on any atom is -0.460 e. The number of hydrogen-bond donors (Lipinski definition) is 3. The van der Waals surface area contributed by atoms with Crippen LogP contribution in [0.3, 0.4) is 0 Å². The predicted octanol–water partition coefficient (Wildman–Crippen LogP) is 6.18. The van der Waals surface area contributed by atoms with Gasteiger partial charge >= 0.3 is 11.8 Å². The molecular formula is C51H79NO13. The molecule has 3 N–H and O–H groups in total. The molecule has 4 aliphatic rings. The van der Waals surface area contributed by atoms with Crippen molar-refractivity contribution in [2.45, 2.75) is 180 Å². The highest BCUT2D eigenvalue weighted by Crippen LogP contribution is 2.36. The van der Waals surface area contributed by atoms with Gasteiger partial charge < -0.3 is 43.9 Å². The molecule has 0 aromatic heterocycles. The number of nitrogens with zero attached hydrogens (tertiary/aromatic N) is 1. The van der Waals surface area contributed by atoms with Crippen molar-refractivity contribution in [2.24, 2.45) is 35.5 Å². The highest BCUT2D eigenvalue weighted by molar-refractivity contribution is 6.09. The maximum atomic E-state index is 14.6. The van der Waals surface area contributed by atoms with Crippen LogP contribution in [0.4, 0.5) is 0 Å². The fourth-order valence-electron chi connectivity index (χ4n) is 10.1. The van der Waals surface area contributed by atoms with E-state index >= 15 is 0 Å². The number of ketones is 3. The van der Waals surface area contributed by atoms with E-state index in [1.165, 1.54) is 12.0 Å². The van der Waals surface area contributed by atoms with Crippen molar-refractivity contribution in [3.05, 3.63) is 47.6 Å². The number of cyclic esters (lactones) is 1. The van der Waals surface area contributed by atoms with E-state index < -0.39 is 83.9 Å². The second-order valence-electron chi connectivity index (χ2n) is 19.6. The molecule has 0 radical (unpaired) electrons. The Kier molecular flexibility index (Phi) is 21.0. The van der Waals surface area contributed by atoms with Gasteiger partial charge in [-0.05, 0) is 107 Å². The van der Waals surface area contributed by atoms with Crippen molar-refractivity contribution in [1.29, 1.82) is 0 Å². The smallest absolute Gasteiger partial charge is 0.329 e. The highest BCUT2D eigenvalue weighted by atomic mass is 16.6. The molecule has 2 bridgehead atoms. The molecule has 3 unspecified atom stereocenters. The average molecular weight is 914 g/mol. The van der Waals surface area contributed by atoms with Crippen LogP contribution in [0.15, 0.2) is 47.6 Å². The van der Waals surface area contributed by atoms with Crippen LogP contribution in [-0.2, 0) is 47.7 Å². The molecule has 14 heteroatoms. The zero-order valence-electron chi connectivity index (χ0n) is 40.6. The summed E-state index contributed by atoms with van der Waals surface area (Å²) in [5.41, 5.74) is 1.24. The number of carbonyl (C=O) groups is 5. The zero-order chi connectivity index (χ0) is 48.2. The summed E-state index contributed by atoms with van der Waals surface area (Å²) in [5.74, 6) is -8.01. The first-order chi connectivity index (χ1) is 30.7. The largest absolute Gasteiger partial charge is 0.460 e. The predicted molar refractivity (Wildman–Crippen MR) is 245 cm³/mol. The van der Waals surface area contributed by atoms with Crippen LogP contribution >= 0.6 is 0 Å². The summed E-state index contributed by atoms with van der Waals surface area (Å²) in [5, 5.41) is 34.1. The summed E-state index contributed by atoms with van der Waals surface area (Å²) in [7, 11) is 4.51. The number of hydrogen-bond acceptors (Lipinski definition) is 13. The van der Waals surface area contributed by atoms with Crippen LogP contribution in [0.1, 0.15) is 126 Å². The van der Waals surface area contributed by atoms with Gasteiger partial charge in [-0.1, -0.05) is 71.1 Å². The summed E-state index contributed by atoms with van der Waals surface area (Å²) in [6.45, 7) is 12.7. The minimum atomic E-state index is -2.85. The van der Waals surface area contributed by atoms with Crippen LogP contribution in [0, 0.1) is 35.5 Å². The molecule has 1 amide bonds. The lowest BCUT2D eigenvalue weighted by molar-refractivity contribution is -0.231. The maximum Gasteiger partial charge on any atom is 0.329 e. The van der Waals surface area contributed by atoms with Crippen LogP contribution in [0.25, 0.3) is 0 Å². The lowest BCUT2D eigenvalue weighted by Gasteiger charge is -2.40. The first-order valence-electron chi connectivity index (χ1n) is 23.9. The highest BCUT2D eigenvalue weighted by Gasteiger charge is 2.55. The third kappa shape index (κ3) is 14.3. The number of methoxy groups -OCH3 is 3. The number of esters is 1. The first kappa shape index (κ1) is 54.2. The van der Waals surface area contributed by atoms with E-state index in [-0.39, 0.29) is 61.2 Å². The van der Waals surface area contributed by atoms with Crippen LogP contribution in [-0.4, -0.2) is 132 Å². The van der Waals surface area contributed by atoms with E-state index in [1.807, 2.05) is 58.1 Å². The Labute approximate surface area is 387 Å². The van der Waals surface area contributed by atoms with Crippen molar-refractivity contribution >= 4 is 29.2 Å². The van der Waals surface area contributed by atoms with Crippen LogP contribution in [0.2, 0.25) is 0 Å². The summed E-state index contributed by atoms with van der Waals surface area (Å²) in [6.07, 6.45) is 10.7. The van der Waals surface area contributed by atoms with Crippen LogP contribution in [0.5, 0.6) is 0 Å². The quantitative estimate of drug-likeness (QED) is 0.156. The normalized spacial score (nSPS) is 40.4. The molecule has 0 aromatic carbocycles. The van der Waals surface area contributed by atoms with Gasteiger partial charge in [-0.15, -0.1) is 0 Å². The molecule has 3 fully saturated rings. The Balaban J connectivity index is 1.74. The number of ether oxygens (including phenoxy) is 5. The number of carbonyl (C=O) groups excluding carboxylic acids is 5. The molecule has 4 rings (SSSR count). The number of aliphatic hydroxyl groups is 3. The van der Waals surface area contributed by atoms with Gasteiger partial charge in [0.2, 0.25) is 5.78 Å². The number of rotatable bonds is 6. The summed E-state index contributed by atoms with van der Waals surface area (Å²) in [4.78, 5) is 72.1. The number of aliphatic hydroxyl groups excluding tert-OH is 2. The Hall–Kier alpha value is -3.37. The van der Waals surface area contributed by atoms with E-state index in [4.69, 9.17) is 23.7 Å². The van der Waals surface area contributed by atoms with Gasteiger partial charge in [0.25, 0.3) is 5.91 Å². The van der Waals surface area contributed by atoms with Gasteiger partial charge in [0.05, 0.1) is 24.4 Å². The Bertz CT molecular complexity index is 1760. The van der Waals surface area contributed by atoms with Crippen molar-refractivity contribution in [3.63, 3.8) is 0 Å². The zero-order valence-corrected chi connectivity index (χ0v) is 40.6. The van der Waals surface area contributed by atoms with E-state index in [1.54, 1.807) is 41.1 Å². The number of Topliss-reactive ketones (excluding diaryl/α,β-unsaturated/α-hetero) is 3. The SMILES string of the molecule is CO[C@H]1CC2CC[C@@H](C)C(=O)C(O)(O2)C(=O)N2CCCCC2C(=O)O[C@H]([C@H](C)C[C@@H]2CC[C@@H](O)[C@H](OC)C2)CC(=O)[C@H](C)/C=C(\C)[C@@H](O)[C@@H](OC)C(=O)[C@@H](C)C[C@H](C)/C=C/C=C/C=C/1C. The maximum absolute atomic E-state index is 14.6. The van der Waals surface area contributed by atoms with Gasteiger partial charge in [0, 0.05) is 58.5 Å². The van der Waals surface area contributed by atoms with Crippen LogP contribution < -0.4 is 0 Å². The molecule has 3 aliphatic heterocycles. The second-order valence-corrected chi connectivity index (χ2v) is 19.6. The van der Waals surface area contributed by atoms with Gasteiger partial charge in [0.1, 0.15) is 30.1 Å². The standard InChI is InChI=1S/C51H79NO13/c1-30-16-12-11-13-17-31(2)42(61-8)28-38-21-19-32(3)48(57)51(60,65-38)50(59)52-23-15-14-18-39(52)49(58)64-43(34(5)26-37-20-22-40(53)44(27-37)62-9)29-41(54)33(4)25-36(7)46(56)47(63-10)45(55)35(6)24-30/h11-13,16-17,25,30,32-35,37-40,42-44,46-47,53,56,60H,14-15,18-24,26-29H2,1-10H3/b13-11+,16-12+,31-17+,36-25+/t30-,32-,33-,34-,35+,37+,38?,39?,40-,42+,43+,44-,46-,47+,51?/m1/s1. The van der Waals surface area contributed by atoms with Gasteiger partial charge in [-0.25, -0.2) is 4.79 Å². The third-order valence-electron chi connectivity index (χ3n) is 14.4. The molecule has 65 heavy (non-hydrogen) atoms. The minimum absolute atomic E-state index is 0.0147. The molecular weight excluding hydrogens is 835 g/mol. The van der Waals surface area contributed by atoms with Crippen molar-refractivity contribution in [1.82, 2.24) is 4.90 Å². The molecule has 2 saturated heterocycles. The number of allylic oxidation sites excluding steroid dienone is 6. The Morgan fingerprint density at radius 2 is 1.55 bits per heavy atom. The van der Waals surface area contributed by atoms with Crippen molar-refractivity contribution in [2.75, 3.05) is 27.9 Å². The number of fused-ring (bicyclic) bond motifs is 3. The van der Waals surface area contributed by atoms with E-state index in [9.17, 15) is 39.3 Å². The molecule has 1 saturated carbocycles. The molecule has 0 aromatic rings. The Morgan fingerprint density at radius 1 is 0.831 bits per heavy atom. The third-order valence-corrected chi connectivity index (χ3v) is 14.4. The molecule has 14 nitrogen and oxygen atoms in total. The molecule has 1 aliphatic carbocycles. The van der Waals surface area contributed by atoms with Crippen molar-refractivity contribution in [3.8, 4) is 0 Å². The van der Waals surface area contributed by atoms with Gasteiger partial charge in [-0.3, -0.25) is 19.2 Å². The molecule has 366 valence electrons. The summed E-state index contributed by atoms with van der Waals surface area (Å²) in [6, 6.07) is -1.16. The second kappa shape index (κ2) is 25.1. The average Bonchev–Trinajstić information content (AvgIpc) is 3.39. The summed E-state index contributed by atoms with van der Waals surface area (Å²) >= 11 is 0. The number of amides is 1. The monoisotopic (exact) mass is 914 g/mol. The molecule has 0 spiro atoms. The van der Waals surface area contributed by atoms with E-state index in [0.717, 1.165) is 12.0 Å². The van der Waals surface area contributed by atoms with E-state index in [0.29, 0.717) is 56.9 Å². The first-order valence-corrected chi connectivity index (χ1v) is 23.9. The summed E-state index contributed by atoms with van der Waals surface area (Å²) < 4.78 is 29.5. The van der Waals surface area contributed by atoms with E-state index in [2.05, 4.69) is 0 Å². The molecule has 3 heterocycles. The van der Waals surface area contributed by atoms with Crippen molar-refractivity contribution < 1.29 is 63.0 Å². The molecule has 15 atom stereocenters. The lowest BCUT2D eigenvalue weighted by Crippen LogP contribution is -2.62. The number of piperidine rings is 1. The lowest BCUT2D eigenvalue weighted by atomic mass is 9.78.